The van der Waals surface area contributed by atoms with E-state index in [4.69, 9.17) is 4.74 Å². The van der Waals surface area contributed by atoms with E-state index in [0.717, 1.165) is 25.0 Å². The second-order valence-electron chi connectivity index (χ2n) is 2.87. The standard InChI is InChI=1S/C10H15BrN2O/c1-14-9-8-13(7-4-11)10-2-5-12-6-3-10/h2-3,5-6H,4,7-9H2,1H3. The molecular weight excluding hydrogens is 244 g/mol. The predicted octanol–water partition coefficient (Wildman–Crippen LogP) is 1.93. The number of hydrogen-bond acceptors (Lipinski definition) is 3. The molecule has 0 aromatic carbocycles. The lowest BCUT2D eigenvalue weighted by molar-refractivity contribution is 0.205. The maximum Gasteiger partial charge on any atom is 0.0637 e. The molecule has 0 amide bonds. The van der Waals surface area contributed by atoms with Crippen LogP contribution in [0.15, 0.2) is 24.5 Å². The quantitative estimate of drug-likeness (QED) is 0.730. The van der Waals surface area contributed by atoms with E-state index >= 15 is 0 Å². The first-order chi connectivity index (χ1) is 6.88. The normalized spacial score (nSPS) is 10.1. The third-order valence-electron chi connectivity index (χ3n) is 1.95. The number of nitrogens with zero attached hydrogens (tertiary/aromatic N) is 2. The van der Waals surface area contributed by atoms with Gasteiger partial charge in [0.25, 0.3) is 0 Å². The largest absolute Gasteiger partial charge is 0.383 e. The number of ether oxygens (including phenoxy) is 1. The monoisotopic (exact) mass is 258 g/mol. The van der Waals surface area contributed by atoms with Gasteiger partial charge in [-0.25, -0.2) is 0 Å². The molecule has 1 aromatic heterocycles. The van der Waals surface area contributed by atoms with E-state index in [0.29, 0.717) is 0 Å². The van der Waals surface area contributed by atoms with Crippen molar-refractivity contribution >= 4 is 21.6 Å². The first-order valence-electron chi connectivity index (χ1n) is 4.58. The summed E-state index contributed by atoms with van der Waals surface area (Å²) in [7, 11) is 1.72. The average Bonchev–Trinajstić information content (AvgIpc) is 2.25. The molecule has 0 saturated carbocycles. The summed E-state index contributed by atoms with van der Waals surface area (Å²) in [5, 5.41) is 0.957. The first-order valence-corrected chi connectivity index (χ1v) is 5.70. The summed E-state index contributed by atoms with van der Waals surface area (Å²) in [5.41, 5.74) is 1.19. The number of alkyl halides is 1. The SMILES string of the molecule is COCCN(CCBr)c1ccncc1. The number of rotatable bonds is 6. The Morgan fingerprint density at radius 2 is 2.07 bits per heavy atom. The van der Waals surface area contributed by atoms with Gasteiger partial charge in [-0.05, 0) is 12.1 Å². The van der Waals surface area contributed by atoms with Crippen molar-refractivity contribution in [2.75, 3.05) is 37.0 Å². The highest BCUT2D eigenvalue weighted by molar-refractivity contribution is 9.09. The van der Waals surface area contributed by atoms with Gasteiger partial charge in [0.15, 0.2) is 0 Å². The molecular formula is C10H15BrN2O. The Hall–Kier alpha value is -0.610. The van der Waals surface area contributed by atoms with Crippen LogP contribution in [-0.4, -0.2) is 37.1 Å². The topological polar surface area (TPSA) is 25.4 Å². The Labute approximate surface area is 93.2 Å². The molecule has 0 atom stereocenters. The van der Waals surface area contributed by atoms with Crippen molar-refractivity contribution in [3.8, 4) is 0 Å². The van der Waals surface area contributed by atoms with Crippen LogP contribution in [0, 0.1) is 0 Å². The van der Waals surface area contributed by atoms with Crippen molar-refractivity contribution in [1.82, 2.24) is 4.98 Å². The Bertz CT molecular complexity index is 243. The van der Waals surface area contributed by atoms with Gasteiger partial charge in [-0.3, -0.25) is 4.98 Å². The van der Waals surface area contributed by atoms with E-state index in [9.17, 15) is 0 Å². The summed E-state index contributed by atoms with van der Waals surface area (Å²) < 4.78 is 5.07. The smallest absolute Gasteiger partial charge is 0.0637 e. The molecule has 0 aliphatic carbocycles. The molecule has 1 heterocycles. The molecule has 14 heavy (non-hydrogen) atoms. The van der Waals surface area contributed by atoms with Gasteiger partial charge in [-0.2, -0.15) is 0 Å². The third-order valence-corrected chi connectivity index (χ3v) is 2.30. The lowest BCUT2D eigenvalue weighted by atomic mass is 10.3. The predicted molar refractivity (Wildman–Crippen MR) is 62.1 cm³/mol. The molecule has 0 radical (unpaired) electrons. The van der Waals surface area contributed by atoms with Crippen LogP contribution in [-0.2, 0) is 4.74 Å². The molecule has 0 spiro atoms. The number of pyridine rings is 1. The fourth-order valence-corrected chi connectivity index (χ4v) is 1.66. The van der Waals surface area contributed by atoms with Crippen molar-refractivity contribution in [3.63, 3.8) is 0 Å². The van der Waals surface area contributed by atoms with Crippen molar-refractivity contribution in [2.45, 2.75) is 0 Å². The highest BCUT2D eigenvalue weighted by Crippen LogP contribution is 2.11. The van der Waals surface area contributed by atoms with E-state index in [1.54, 1.807) is 7.11 Å². The third kappa shape index (κ3) is 3.64. The van der Waals surface area contributed by atoms with E-state index in [2.05, 4.69) is 25.8 Å². The maximum absolute atomic E-state index is 5.07. The number of anilines is 1. The van der Waals surface area contributed by atoms with Crippen LogP contribution in [0.4, 0.5) is 5.69 Å². The fraction of sp³-hybridized carbons (Fsp3) is 0.500. The van der Waals surface area contributed by atoms with Gasteiger partial charge < -0.3 is 9.64 Å². The molecule has 0 saturated heterocycles. The first kappa shape index (κ1) is 11.5. The van der Waals surface area contributed by atoms with Crippen LogP contribution < -0.4 is 4.90 Å². The second kappa shape index (κ2) is 6.79. The van der Waals surface area contributed by atoms with Gasteiger partial charge >= 0.3 is 0 Å². The van der Waals surface area contributed by atoms with Crippen LogP contribution in [0.25, 0.3) is 0 Å². The number of aromatic nitrogens is 1. The van der Waals surface area contributed by atoms with Crippen LogP contribution in [0.2, 0.25) is 0 Å². The Kier molecular flexibility index (Phi) is 5.56. The summed E-state index contributed by atoms with van der Waals surface area (Å²) >= 11 is 3.44. The zero-order valence-corrected chi connectivity index (χ0v) is 9.90. The fourth-order valence-electron chi connectivity index (χ4n) is 1.23. The molecule has 3 nitrogen and oxygen atoms in total. The van der Waals surface area contributed by atoms with Crippen molar-refractivity contribution in [2.24, 2.45) is 0 Å². The van der Waals surface area contributed by atoms with Gasteiger partial charge in [-0.15, -0.1) is 0 Å². The molecule has 1 aromatic rings. The molecule has 0 aliphatic heterocycles. The Balaban J connectivity index is 2.58. The summed E-state index contributed by atoms with van der Waals surface area (Å²) in [5.74, 6) is 0. The zero-order valence-electron chi connectivity index (χ0n) is 8.32. The van der Waals surface area contributed by atoms with Crippen LogP contribution in [0.5, 0.6) is 0 Å². The van der Waals surface area contributed by atoms with Gasteiger partial charge in [0.2, 0.25) is 0 Å². The minimum absolute atomic E-state index is 0.745. The van der Waals surface area contributed by atoms with E-state index in [1.807, 2.05) is 24.5 Å². The molecule has 0 N–H and O–H groups in total. The minimum Gasteiger partial charge on any atom is -0.383 e. The molecule has 78 valence electrons. The highest BCUT2D eigenvalue weighted by Gasteiger charge is 2.03. The molecule has 0 aliphatic rings. The Morgan fingerprint density at radius 3 is 2.64 bits per heavy atom. The van der Waals surface area contributed by atoms with E-state index < -0.39 is 0 Å². The van der Waals surface area contributed by atoms with Crippen molar-refractivity contribution in [1.29, 1.82) is 0 Å². The second-order valence-corrected chi connectivity index (χ2v) is 3.67. The molecule has 0 fully saturated rings. The minimum atomic E-state index is 0.745. The van der Waals surface area contributed by atoms with E-state index in [-0.39, 0.29) is 0 Å². The van der Waals surface area contributed by atoms with Crippen molar-refractivity contribution < 1.29 is 4.74 Å². The summed E-state index contributed by atoms with van der Waals surface area (Å²) in [6.07, 6.45) is 3.62. The van der Waals surface area contributed by atoms with Gasteiger partial charge in [-0.1, -0.05) is 15.9 Å². The summed E-state index contributed by atoms with van der Waals surface area (Å²) in [4.78, 5) is 6.26. The molecule has 4 heteroatoms. The Morgan fingerprint density at radius 1 is 1.36 bits per heavy atom. The average molecular weight is 259 g/mol. The molecule has 0 unspecified atom stereocenters. The lowest BCUT2D eigenvalue weighted by Gasteiger charge is -2.23. The number of hydrogen-bond donors (Lipinski definition) is 0. The molecule has 1 rings (SSSR count). The van der Waals surface area contributed by atoms with Crippen LogP contribution >= 0.6 is 15.9 Å². The van der Waals surface area contributed by atoms with Gasteiger partial charge in [0.1, 0.15) is 0 Å². The van der Waals surface area contributed by atoms with Gasteiger partial charge in [0.05, 0.1) is 6.61 Å². The zero-order chi connectivity index (χ0) is 10.2. The van der Waals surface area contributed by atoms with Gasteiger partial charge in [0, 0.05) is 43.6 Å². The van der Waals surface area contributed by atoms with Crippen LogP contribution in [0.1, 0.15) is 0 Å². The lowest BCUT2D eigenvalue weighted by Crippen LogP contribution is -2.28. The van der Waals surface area contributed by atoms with Crippen molar-refractivity contribution in [3.05, 3.63) is 24.5 Å². The summed E-state index contributed by atoms with van der Waals surface area (Å²) in [6, 6.07) is 4.02. The molecule has 0 bridgehead atoms. The van der Waals surface area contributed by atoms with E-state index in [1.165, 1.54) is 5.69 Å². The maximum atomic E-state index is 5.07. The highest BCUT2D eigenvalue weighted by atomic mass is 79.9. The van der Waals surface area contributed by atoms with Crippen LogP contribution in [0.3, 0.4) is 0 Å². The summed E-state index contributed by atoms with van der Waals surface area (Å²) in [6.45, 7) is 2.63. The number of halogens is 1. The number of methoxy groups -OCH3 is 1.